The summed E-state index contributed by atoms with van der Waals surface area (Å²) in [4.78, 5) is 21.9. The van der Waals surface area contributed by atoms with E-state index in [1.54, 1.807) is 0 Å². The molecule has 0 bridgehead atoms. The molecule has 20 heavy (non-hydrogen) atoms. The highest BCUT2D eigenvalue weighted by molar-refractivity contribution is 5.78. The third kappa shape index (κ3) is 12.0. The van der Waals surface area contributed by atoms with Gasteiger partial charge in [-0.05, 0) is 12.8 Å². The number of nitrogens with one attached hydrogen (secondary N) is 1. The van der Waals surface area contributed by atoms with Crippen LogP contribution in [0.4, 0.5) is 0 Å². The SMILES string of the molecule is CCCCCCCCCCNC(=O)CC[C@H](N)C(=O)O. The number of hydrogen-bond acceptors (Lipinski definition) is 3. The fourth-order valence-corrected chi connectivity index (χ4v) is 1.99. The molecule has 0 unspecified atom stereocenters. The van der Waals surface area contributed by atoms with E-state index in [0.29, 0.717) is 6.54 Å². The van der Waals surface area contributed by atoms with E-state index in [9.17, 15) is 9.59 Å². The molecule has 4 N–H and O–H groups in total. The first-order valence-corrected chi connectivity index (χ1v) is 7.83. The van der Waals surface area contributed by atoms with Crippen molar-refractivity contribution in [1.29, 1.82) is 0 Å². The van der Waals surface area contributed by atoms with Crippen LogP contribution < -0.4 is 11.1 Å². The molecule has 5 nitrogen and oxygen atoms in total. The highest BCUT2D eigenvalue weighted by Gasteiger charge is 2.12. The monoisotopic (exact) mass is 286 g/mol. The predicted molar refractivity (Wildman–Crippen MR) is 80.5 cm³/mol. The van der Waals surface area contributed by atoms with Crippen LogP contribution in [0.3, 0.4) is 0 Å². The number of aliphatic carboxylic acids is 1. The molecule has 0 saturated carbocycles. The van der Waals surface area contributed by atoms with Gasteiger partial charge in [-0.1, -0.05) is 51.9 Å². The van der Waals surface area contributed by atoms with Crippen LogP contribution in [0.2, 0.25) is 0 Å². The largest absolute Gasteiger partial charge is 0.480 e. The lowest BCUT2D eigenvalue weighted by Crippen LogP contribution is -2.32. The summed E-state index contributed by atoms with van der Waals surface area (Å²) in [5, 5.41) is 11.4. The Balaban J connectivity index is 3.29. The van der Waals surface area contributed by atoms with Crippen molar-refractivity contribution in [1.82, 2.24) is 5.32 Å². The molecule has 0 aliphatic rings. The average Bonchev–Trinajstić information content (AvgIpc) is 2.42. The van der Waals surface area contributed by atoms with Crippen LogP contribution in [-0.4, -0.2) is 29.6 Å². The summed E-state index contributed by atoms with van der Waals surface area (Å²) in [7, 11) is 0. The second-order valence-corrected chi connectivity index (χ2v) is 5.31. The summed E-state index contributed by atoms with van der Waals surface area (Å²) >= 11 is 0. The Morgan fingerprint density at radius 3 is 2.15 bits per heavy atom. The molecule has 0 aromatic rings. The first kappa shape index (κ1) is 18.9. The molecule has 0 heterocycles. The standard InChI is InChI=1S/C15H30N2O3/c1-2-3-4-5-6-7-8-9-12-17-14(18)11-10-13(16)15(19)20/h13H,2-12,16H2,1H3,(H,17,18)(H,19,20)/t13-/m0/s1. The summed E-state index contributed by atoms with van der Waals surface area (Å²) in [5.41, 5.74) is 5.33. The molecule has 0 radical (unpaired) electrons. The number of carboxylic acids is 1. The van der Waals surface area contributed by atoms with Crippen LogP contribution >= 0.6 is 0 Å². The Morgan fingerprint density at radius 2 is 1.60 bits per heavy atom. The van der Waals surface area contributed by atoms with Gasteiger partial charge in [0.05, 0.1) is 0 Å². The van der Waals surface area contributed by atoms with Crippen LogP contribution in [0, 0.1) is 0 Å². The van der Waals surface area contributed by atoms with E-state index < -0.39 is 12.0 Å². The second kappa shape index (κ2) is 12.9. The van der Waals surface area contributed by atoms with Crippen molar-refractivity contribution in [3.63, 3.8) is 0 Å². The van der Waals surface area contributed by atoms with Crippen molar-refractivity contribution in [2.75, 3.05) is 6.54 Å². The van der Waals surface area contributed by atoms with Gasteiger partial charge in [-0.2, -0.15) is 0 Å². The molecular formula is C15H30N2O3. The van der Waals surface area contributed by atoms with Gasteiger partial charge in [0.2, 0.25) is 5.91 Å². The van der Waals surface area contributed by atoms with Crippen molar-refractivity contribution in [2.45, 2.75) is 77.2 Å². The first-order chi connectivity index (χ1) is 9.57. The molecule has 118 valence electrons. The fourth-order valence-electron chi connectivity index (χ4n) is 1.99. The minimum Gasteiger partial charge on any atom is -0.480 e. The Bertz CT molecular complexity index is 270. The van der Waals surface area contributed by atoms with Crippen LogP contribution in [0.15, 0.2) is 0 Å². The van der Waals surface area contributed by atoms with E-state index in [-0.39, 0.29) is 18.7 Å². The first-order valence-electron chi connectivity index (χ1n) is 7.83. The number of carbonyl (C=O) groups excluding carboxylic acids is 1. The minimum absolute atomic E-state index is 0.107. The highest BCUT2D eigenvalue weighted by Crippen LogP contribution is 2.07. The van der Waals surface area contributed by atoms with Gasteiger partial charge in [-0.15, -0.1) is 0 Å². The third-order valence-electron chi connectivity index (χ3n) is 3.35. The molecule has 0 rings (SSSR count). The molecule has 1 amide bonds. The number of rotatable bonds is 13. The van der Waals surface area contributed by atoms with Crippen molar-refractivity contribution >= 4 is 11.9 Å². The molecular weight excluding hydrogens is 256 g/mol. The Hall–Kier alpha value is -1.10. The molecule has 0 aliphatic heterocycles. The molecule has 1 atom stereocenters. The van der Waals surface area contributed by atoms with Crippen LogP contribution in [0.5, 0.6) is 0 Å². The minimum atomic E-state index is -1.05. The van der Waals surface area contributed by atoms with Gasteiger partial charge in [-0.25, -0.2) is 0 Å². The molecule has 0 spiro atoms. The number of carboxylic acid groups (broad SMARTS) is 1. The smallest absolute Gasteiger partial charge is 0.320 e. The number of amides is 1. The zero-order chi connectivity index (χ0) is 15.2. The second-order valence-electron chi connectivity index (χ2n) is 5.31. The topological polar surface area (TPSA) is 92.4 Å². The van der Waals surface area contributed by atoms with Gasteiger partial charge in [0.25, 0.3) is 0 Å². The normalized spacial score (nSPS) is 12.1. The lowest BCUT2D eigenvalue weighted by Gasteiger charge is -2.07. The van der Waals surface area contributed by atoms with Crippen molar-refractivity contribution in [2.24, 2.45) is 5.73 Å². The summed E-state index contributed by atoms with van der Waals surface area (Å²) in [6, 6.07) is -0.941. The quantitative estimate of drug-likeness (QED) is 0.453. The zero-order valence-corrected chi connectivity index (χ0v) is 12.7. The van der Waals surface area contributed by atoms with Gasteiger partial charge in [0.15, 0.2) is 0 Å². The molecule has 0 aromatic heterocycles. The maximum atomic E-state index is 11.4. The van der Waals surface area contributed by atoms with E-state index in [2.05, 4.69) is 12.2 Å². The van der Waals surface area contributed by atoms with E-state index >= 15 is 0 Å². The molecule has 0 fully saturated rings. The molecule has 0 saturated heterocycles. The van der Waals surface area contributed by atoms with Crippen molar-refractivity contribution < 1.29 is 14.7 Å². The van der Waals surface area contributed by atoms with E-state index in [1.807, 2.05) is 0 Å². The van der Waals surface area contributed by atoms with Crippen molar-refractivity contribution in [3.8, 4) is 0 Å². The van der Waals surface area contributed by atoms with Crippen LogP contribution in [0.1, 0.15) is 71.1 Å². The molecule has 0 aromatic carbocycles. The summed E-state index contributed by atoms with van der Waals surface area (Å²) < 4.78 is 0. The Morgan fingerprint density at radius 1 is 1.05 bits per heavy atom. The number of unbranched alkanes of at least 4 members (excludes halogenated alkanes) is 7. The van der Waals surface area contributed by atoms with E-state index in [4.69, 9.17) is 10.8 Å². The van der Waals surface area contributed by atoms with Gasteiger partial charge in [0, 0.05) is 13.0 Å². The number of nitrogens with two attached hydrogens (primary N) is 1. The van der Waals surface area contributed by atoms with Crippen LogP contribution in [-0.2, 0) is 9.59 Å². The average molecular weight is 286 g/mol. The number of hydrogen-bond donors (Lipinski definition) is 3. The molecule has 0 aliphatic carbocycles. The Kier molecular flexibility index (Phi) is 12.2. The van der Waals surface area contributed by atoms with Gasteiger partial charge in [0.1, 0.15) is 6.04 Å². The Labute approximate surface area is 122 Å². The predicted octanol–water partition coefficient (Wildman–Crippen LogP) is 2.44. The lowest BCUT2D eigenvalue weighted by molar-refractivity contribution is -0.138. The van der Waals surface area contributed by atoms with E-state index in [1.165, 1.54) is 38.5 Å². The zero-order valence-electron chi connectivity index (χ0n) is 12.7. The van der Waals surface area contributed by atoms with Crippen LogP contribution in [0.25, 0.3) is 0 Å². The lowest BCUT2D eigenvalue weighted by atomic mass is 10.1. The maximum absolute atomic E-state index is 11.4. The summed E-state index contributed by atoms with van der Waals surface area (Å²) in [6.45, 7) is 2.89. The van der Waals surface area contributed by atoms with Gasteiger partial charge >= 0.3 is 5.97 Å². The molecule has 5 heteroatoms. The van der Waals surface area contributed by atoms with Gasteiger partial charge < -0.3 is 16.2 Å². The fraction of sp³-hybridized carbons (Fsp3) is 0.867. The van der Waals surface area contributed by atoms with E-state index in [0.717, 1.165) is 12.8 Å². The maximum Gasteiger partial charge on any atom is 0.320 e. The van der Waals surface area contributed by atoms with Gasteiger partial charge in [-0.3, -0.25) is 9.59 Å². The summed E-state index contributed by atoms with van der Waals surface area (Å²) in [6.07, 6.45) is 10.3. The number of carbonyl (C=O) groups is 2. The highest BCUT2D eigenvalue weighted by atomic mass is 16.4. The third-order valence-corrected chi connectivity index (χ3v) is 3.35. The van der Waals surface area contributed by atoms with Crippen molar-refractivity contribution in [3.05, 3.63) is 0 Å². The summed E-state index contributed by atoms with van der Waals surface area (Å²) in [5.74, 6) is -1.16.